The highest BCUT2D eigenvalue weighted by Crippen LogP contribution is 2.27. The van der Waals surface area contributed by atoms with Crippen molar-refractivity contribution in [1.82, 2.24) is 10.2 Å². The number of nitrogens with zero attached hydrogens (tertiary/aromatic N) is 1. The fraction of sp³-hybridized carbons (Fsp3) is 0.625. The molecule has 1 aromatic carbocycles. The fourth-order valence-electron chi connectivity index (χ4n) is 2.39. The summed E-state index contributed by atoms with van der Waals surface area (Å²) in [5.41, 5.74) is 1.15. The second-order valence-corrected chi connectivity index (χ2v) is 5.19. The number of benzene rings is 1. The van der Waals surface area contributed by atoms with Crippen LogP contribution in [-0.4, -0.2) is 69.7 Å². The van der Waals surface area contributed by atoms with Crippen LogP contribution < -0.4 is 14.8 Å². The number of rotatable bonds is 9. The Balaban J connectivity index is 0.00000264. The van der Waals surface area contributed by atoms with Gasteiger partial charge >= 0.3 is 0 Å². The van der Waals surface area contributed by atoms with Gasteiger partial charge in [-0.1, -0.05) is 6.07 Å². The summed E-state index contributed by atoms with van der Waals surface area (Å²) in [6, 6.07) is 5.86. The second-order valence-electron chi connectivity index (χ2n) is 5.19. The first-order valence-electron chi connectivity index (χ1n) is 7.75. The summed E-state index contributed by atoms with van der Waals surface area (Å²) in [5.74, 6) is 1.36. The monoisotopic (exact) mass is 382 g/mol. The number of ether oxygens (including phenoxy) is 3. The summed E-state index contributed by atoms with van der Waals surface area (Å²) in [5, 5.41) is 12.3. The Labute approximate surface area is 156 Å². The molecule has 0 atom stereocenters. The molecule has 1 aromatic rings. The lowest BCUT2D eigenvalue weighted by atomic mass is 10.2. The van der Waals surface area contributed by atoms with Crippen LogP contribution in [0.3, 0.4) is 0 Å². The number of aliphatic hydroxyl groups is 1. The topological polar surface area (TPSA) is 63.2 Å². The van der Waals surface area contributed by atoms with Crippen LogP contribution in [0.1, 0.15) is 5.56 Å². The third kappa shape index (κ3) is 7.88. The van der Waals surface area contributed by atoms with Gasteiger partial charge in [-0.3, -0.25) is 4.90 Å². The zero-order valence-electron chi connectivity index (χ0n) is 14.0. The molecule has 1 fully saturated rings. The smallest absolute Gasteiger partial charge is 0.161 e. The van der Waals surface area contributed by atoms with Gasteiger partial charge in [0.25, 0.3) is 0 Å². The maximum atomic E-state index is 8.81. The van der Waals surface area contributed by atoms with E-state index in [1.54, 1.807) is 7.11 Å². The molecule has 0 saturated carbocycles. The highest BCUT2D eigenvalue weighted by molar-refractivity contribution is 5.85. The zero-order valence-corrected chi connectivity index (χ0v) is 15.7. The van der Waals surface area contributed by atoms with Crippen LogP contribution in [0.25, 0.3) is 0 Å². The molecule has 24 heavy (non-hydrogen) atoms. The van der Waals surface area contributed by atoms with Gasteiger partial charge in [-0.2, -0.15) is 0 Å². The lowest BCUT2D eigenvalue weighted by Crippen LogP contribution is -2.40. The highest BCUT2D eigenvalue weighted by atomic mass is 35.5. The minimum Gasteiger partial charge on any atom is -0.493 e. The maximum Gasteiger partial charge on any atom is 0.161 e. The summed E-state index contributed by atoms with van der Waals surface area (Å²) in [4.78, 5) is 2.41. The molecule has 0 unspecified atom stereocenters. The molecule has 0 spiro atoms. The largest absolute Gasteiger partial charge is 0.493 e. The van der Waals surface area contributed by atoms with Crippen molar-refractivity contribution in [3.8, 4) is 11.5 Å². The van der Waals surface area contributed by atoms with E-state index in [0.29, 0.717) is 11.5 Å². The molecule has 2 N–H and O–H groups in total. The minimum atomic E-state index is -0.00595. The van der Waals surface area contributed by atoms with Crippen molar-refractivity contribution in [3.05, 3.63) is 23.8 Å². The van der Waals surface area contributed by atoms with Gasteiger partial charge in [-0.15, -0.1) is 24.8 Å². The van der Waals surface area contributed by atoms with Gasteiger partial charge in [0.15, 0.2) is 11.5 Å². The second kappa shape index (κ2) is 13.5. The molecule has 1 aliphatic rings. The molecule has 1 saturated heterocycles. The van der Waals surface area contributed by atoms with E-state index < -0.39 is 0 Å². The molecule has 1 aliphatic heterocycles. The molecule has 0 aliphatic carbocycles. The summed E-state index contributed by atoms with van der Waals surface area (Å²) < 4.78 is 16.1. The van der Waals surface area contributed by atoms with Gasteiger partial charge in [-0.05, 0) is 17.7 Å². The average molecular weight is 383 g/mol. The quantitative estimate of drug-likeness (QED) is 0.628. The van der Waals surface area contributed by atoms with Crippen molar-refractivity contribution in [1.29, 1.82) is 0 Å². The standard InChI is InChI=1S/C16H26N2O4.2ClH/c1-20-16-12-14(2-3-15(16)22-11-8-19)13-17-4-5-18-6-9-21-10-7-18;;/h2-3,12,17,19H,4-11,13H2,1H3;2*1H. The number of halogens is 2. The van der Waals surface area contributed by atoms with E-state index in [2.05, 4.69) is 10.2 Å². The van der Waals surface area contributed by atoms with E-state index in [1.165, 1.54) is 0 Å². The maximum absolute atomic E-state index is 8.81. The first-order chi connectivity index (χ1) is 10.8. The summed E-state index contributed by atoms with van der Waals surface area (Å²) >= 11 is 0. The van der Waals surface area contributed by atoms with E-state index in [9.17, 15) is 0 Å². The van der Waals surface area contributed by atoms with E-state index in [1.807, 2.05) is 18.2 Å². The summed E-state index contributed by atoms with van der Waals surface area (Å²) in [7, 11) is 1.62. The van der Waals surface area contributed by atoms with Crippen LogP contribution in [0.4, 0.5) is 0 Å². The zero-order chi connectivity index (χ0) is 15.6. The van der Waals surface area contributed by atoms with E-state index >= 15 is 0 Å². The molecule has 0 radical (unpaired) electrons. The van der Waals surface area contributed by atoms with Crippen LogP contribution >= 0.6 is 24.8 Å². The third-order valence-electron chi connectivity index (χ3n) is 3.61. The van der Waals surface area contributed by atoms with Crippen LogP contribution in [0.2, 0.25) is 0 Å². The molecule has 2 rings (SSSR count). The Hall–Kier alpha value is -0.760. The van der Waals surface area contributed by atoms with Gasteiger partial charge in [0.05, 0.1) is 26.9 Å². The fourth-order valence-corrected chi connectivity index (χ4v) is 2.39. The number of methoxy groups -OCH3 is 1. The molecule has 1 heterocycles. The van der Waals surface area contributed by atoms with Crippen molar-refractivity contribution >= 4 is 24.8 Å². The van der Waals surface area contributed by atoms with Gasteiger partial charge < -0.3 is 24.6 Å². The van der Waals surface area contributed by atoms with Crippen molar-refractivity contribution in [3.63, 3.8) is 0 Å². The molecule has 6 nitrogen and oxygen atoms in total. The highest BCUT2D eigenvalue weighted by Gasteiger charge is 2.09. The van der Waals surface area contributed by atoms with E-state index in [4.69, 9.17) is 19.3 Å². The van der Waals surface area contributed by atoms with Crippen LogP contribution in [-0.2, 0) is 11.3 Å². The van der Waals surface area contributed by atoms with Crippen LogP contribution in [0.5, 0.6) is 11.5 Å². The van der Waals surface area contributed by atoms with Crippen molar-refractivity contribution in [2.45, 2.75) is 6.54 Å². The summed E-state index contributed by atoms with van der Waals surface area (Å²) in [6.07, 6.45) is 0. The lowest BCUT2D eigenvalue weighted by Gasteiger charge is -2.26. The SMILES string of the molecule is COc1cc(CNCCN2CCOCC2)ccc1OCCO.Cl.Cl. The Morgan fingerprint density at radius 1 is 1.21 bits per heavy atom. The predicted molar refractivity (Wildman–Crippen MR) is 99.0 cm³/mol. The molecular weight excluding hydrogens is 355 g/mol. The number of morpholine rings is 1. The van der Waals surface area contributed by atoms with Gasteiger partial charge in [0.1, 0.15) is 6.61 Å². The predicted octanol–water partition coefficient (Wildman–Crippen LogP) is 1.33. The number of aliphatic hydroxyl groups excluding tert-OH is 1. The minimum absolute atomic E-state index is 0. The van der Waals surface area contributed by atoms with Crippen LogP contribution in [0.15, 0.2) is 18.2 Å². The van der Waals surface area contributed by atoms with Crippen molar-refractivity contribution in [2.24, 2.45) is 0 Å². The molecule has 8 heteroatoms. The first-order valence-corrected chi connectivity index (χ1v) is 7.75. The van der Waals surface area contributed by atoms with Gasteiger partial charge in [-0.25, -0.2) is 0 Å². The Kier molecular flexibility index (Phi) is 13.1. The van der Waals surface area contributed by atoms with Crippen molar-refractivity contribution in [2.75, 3.05) is 59.7 Å². The number of hydrogen-bond donors (Lipinski definition) is 2. The summed E-state index contributed by atoms with van der Waals surface area (Å²) in [6.45, 7) is 6.77. The number of nitrogens with one attached hydrogen (secondary N) is 1. The van der Waals surface area contributed by atoms with E-state index in [0.717, 1.165) is 51.5 Å². The Morgan fingerprint density at radius 3 is 2.62 bits per heavy atom. The number of hydrogen-bond acceptors (Lipinski definition) is 6. The van der Waals surface area contributed by atoms with Gasteiger partial charge in [0, 0.05) is 32.7 Å². The Bertz CT molecular complexity index is 446. The molecule has 0 aromatic heterocycles. The first kappa shape index (κ1) is 23.2. The van der Waals surface area contributed by atoms with Gasteiger partial charge in [0.2, 0.25) is 0 Å². The van der Waals surface area contributed by atoms with Crippen LogP contribution in [0, 0.1) is 0 Å². The van der Waals surface area contributed by atoms with E-state index in [-0.39, 0.29) is 38.0 Å². The average Bonchev–Trinajstić information content (AvgIpc) is 2.58. The third-order valence-corrected chi connectivity index (χ3v) is 3.61. The Morgan fingerprint density at radius 2 is 1.96 bits per heavy atom. The molecule has 0 amide bonds. The normalized spacial score (nSPS) is 14.4. The lowest BCUT2D eigenvalue weighted by molar-refractivity contribution is 0.0384. The molecule has 140 valence electrons. The molecule has 0 bridgehead atoms. The molecular formula is C16H28Cl2N2O4. The van der Waals surface area contributed by atoms with Crippen molar-refractivity contribution < 1.29 is 19.3 Å².